The number of nitrogens with one attached hydrogen (secondary N) is 1. The van der Waals surface area contributed by atoms with E-state index in [2.05, 4.69) is 49.0 Å². The first-order valence-corrected chi connectivity index (χ1v) is 8.03. The molecule has 4 nitrogen and oxygen atoms in total. The summed E-state index contributed by atoms with van der Waals surface area (Å²) in [5, 5.41) is 4.19. The molecule has 0 radical (unpaired) electrons. The van der Waals surface area contributed by atoms with E-state index in [1.165, 1.54) is 0 Å². The molecule has 1 saturated heterocycles. The van der Waals surface area contributed by atoms with Gasteiger partial charge in [-0.25, -0.2) is 4.98 Å². The molecule has 1 aliphatic heterocycles. The molecule has 1 fully saturated rings. The fourth-order valence-corrected chi connectivity index (χ4v) is 2.48. The SMILES string of the molecule is CCC1CN(c2cc(CNC(C)(C)C)c(Cl)cn2)CCO1. The van der Waals surface area contributed by atoms with Crippen molar-refractivity contribution in [2.45, 2.75) is 52.3 Å². The number of hydrogen-bond donors (Lipinski definition) is 1. The predicted molar refractivity (Wildman–Crippen MR) is 88.1 cm³/mol. The van der Waals surface area contributed by atoms with Gasteiger partial charge in [0, 0.05) is 31.4 Å². The molecular formula is C16H26ClN3O. The van der Waals surface area contributed by atoms with Gasteiger partial charge in [-0.2, -0.15) is 0 Å². The molecule has 1 atom stereocenters. The fourth-order valence-electron chi connectivity index (χ4n) is 2.31. The average molecular weight is 312 g/mol. The van der Waals surface area contributed by atoms with Crippen LogP contribution in [0.3, 0.4) is 0 Å². The summed E-state index contributed by atoms with van der Waals surface area (Å²) in [6, 6.07) is 2.10. The van der Waals surface area contributed by atoms with E-state index in [1.54, 1.807) is 6.20 Å². The van der Waals surface area contributed by atoms with Gasteiger partial charge in [0.2, 0.25) is 0 Å². The van der Waals surface area contributed by atoms with Crippen molar-refractivity contribution in [3.63, 3.8) is 0 Å². The number of rotatable bonds is 4. The van der Waals surface area contributed by atoms with Crippen molar-refractivity contribution in [1.82, 2.24) is 10.3 Å². The minimum atomic E-state index is 0.0685. The molecule has 1 aliphatic rings. The van der Waals surface area contributed by atoms with Crippen LogP contribution in [0.25, 0.3) is 0 Å². The number of aromatic nitrogens is 1. The molecular weight excluding hydrogens is 286 g/mol. The van der Waals surface area contributed by atoms with Crippen molar-refractivity contribution < 1.29 is 4.74 Å². The van der Waals surface area contributed by atoms with Crippen LogP contribution in [0.5, 0.6) is 0 Å². The molecule has 0 bridgehead atoms. The molecule has 1 N–H and O–H groups in total. The Balaban J connectivity index is 2.10. The van der Waals surface area contributed by atoms with Gasteiger partial charge in [0.1, 0.15) is 5.82 Å². The highest BCUT2D eigenvalue weighted by Crippen LogP contribution is 2.23. The maximum absolute atomic E-state index is 6.27. The third kappa shape index (κ3) is 4.83. The van der Waals surface area contributed by atoms with Gasteiger partial charge in [-0.1, -0.05) is 18.5 Å². The van der Waals surface area contributed by atoms with E-state index in [0.29, 0.717) is 6.10 Å². The van der Waals surface area contributed by atoms with E-state index >= 15 is 0 Å². The van der Waals surface area contributed by atoms with E-state index < -0.39 is 0 Å². The standard InChI is InChI=1S/C16H26ClN3O/c1-5-13-11-20(6-7-21-13)15-8-12(14(17)10-18-15)9-19-16(2,3)4/h8,10,13,19H,5-7,9,11H2,1-4H3. The van der Waals surface area contributed by atoms with Crippen LogP contribution < -0.4 is 10.2 Å². The van der Waals surface area contributed by atoms with Gasteiger partial charge >= 0.3 is 0 Å². The molecule has 1 aromatic rings. The van der Waals surface area contributed by atoms with Crippen LogP contribution in [0.15, 0.2) is 12.3 Å². The highest BCUT2D eigenvalue weighted by molar-refractivity contribution is 6.31. The van der Waals surface area contributed by atoms with Crippen LogP contribution in [0.4, 0.5) is 5.82 Å². The van der Waals surface area contributed by atoms with Crippen molar-refractivity contribution in [2.75, 3.05) is 24.6 Å². The van der Waals surface area contributed by atoms with Crippen molar-refractivity contribution >= 4 is 17.4 Å². The topological polar surface area (TPSA) is 37.4 Å². The highest BCUT2D eigenvalue weighted by atomic mass is 35.5. The lowest BCUT2D eigenvalue weighted by atomic mass is 10.1. The van der Waals surface area contributed by atoms with Crippen molar-refractivity contribution in [3.05, 3.63) is 22.8 Å². The van der Waals surface area contributed by atoms with Gasteiger partial charge in [-0.3, -0.25) is 0 Å². The summed E-state index contributed by atoms with van der Waals surface area (Å²) in [7, 11) is 0. The lowest BCUT2D eigenvalue weighted by Gasteiger charge is -2.33. The normalized spacial score (nSPS) is 19.9. The van der Waals surface area contributed by atoms with Gasteiger partial charge in [0.05, 0.1) is 17.7 Å². The van der Waals surface area contributed by atoms with Gasteiger partial charge in [-0.15, -0.1) is 0 Å². The summed E-state index contributed by atoms with van der Waals surface area (Å²) in [6.45, 7) is 11.9. The lowest BCUT2D eigenvalue weighted by molar-refractivity contribution is 0.0381. The molecule has 0 aromatic carbocycles. The minimum absolute atomic E-state index is 0.0685. The molecule has 2 heterocycles. The Morgan fingerprint density at radius 1 is 1.48 bits per heavy atom. The fraction of sp³-hybridized carbons (Fsp3) is 0.688. The minimum Gasteiger partial charge on any atom is -0.375 e. The molecule has 5 heteroatoms. The zero-order chi connectivity index (χ0) is 15.5. The van der Waals surface area contributed by atoms with E-state index in [9.17, 15) is 0 Å². The first-order valence-electron chi connectivity index (χ1n) is 7.65. The van der Waals surface area contributed by atoms with Crippen molar-refractivity contribution in [3.8, 4) is 0 Å². The summed E-state index contributed by atoms with van der Waals surface area (Å²) in [5.41, 5.74) is 1.16. The number of anilines is 1. The summed E-state index contributed by atoms with van der Waals surface area (Å²) in [6.07, 6.45) is 3.09. The number of pyridine rings is 1. The second-order valence-corrected chi connectivity index (χ2v) is 6.99. The van der Waals surface area contributed by atoms with Gasteiger partial charge < -0.3 is 15.0 Å². The molecule has 0 amide bonds. The van der Waals surface area contributed by atoms with Gasteiger partial charge in [0.15, 0.2) is 0 Å². The molecule has 1 aromatic heterocycles. The van der Waals surface area contributed by atoms with Crippen LogP contribution in [-0.4, -0.2) is 36.3 Å². The zero-order valence-electron chi connectivity index (χ0n) is 13.4. The Kier molecular flexibility index (Phi) is 5.47. The molecule has 0 aliphatic carbocycles. The second kappa shape index (κ2) is 6.95. The molecule has 1 unspecified atom stereocenters. The summed E-state index contributed by atoms with van der Waals surface area (Å²) in [5.74, 6) is 0.992. The van der Waals surface area contributed by atoms with Crippen molar-refractivity contribution in [1.29, 1.82) is 0 Å². The Morgan fingerprint density at radius 3 is 2.90 bits per heavy atom. The van der Waals surface area contributed by atoms with Crippen LogP contribution in [-0.2, 0) is 11.3 Å². The Labute approximate surface area is 132 Å². The smallest absolute Gasteiger partial charge is 0.129 e. The largest absolute Gasteiger partial charge is 0.375 e. The number of nitrogens with zero attached hydrogens (tertiary/aromatic N) is 2. The lowest BCUT2D eigenvalue weighted by Crippen LogP contribution is -2.42. The molecule has 0 saturated carbocycles. The molecule has 21 heavy (non-hydrogen) atoms. The summed E-state index contributed by atoms with van der Waals surface area (Å²) >= 11 is 6.27. The molecule has 118 valence electrons. The Bertz CT molecular complexity index is 473. The van der Waals surface area contributed by atoms with Crippen LogP contribution >= 0.6 is 11.6 Å². The second-order valence-electron chi connectivity index (χ2n) is 6.58. The third-order valence-corrected chi connectivity index (χ3v) is 3.99. The number of halogens is 1. The number of ether oxygens (including phenoxy) is 1. The summed E-state index contributed by atoms with van der Waals surface area (Å²) < 4.78 is 5.72. The third-order valence-electron chi connectivity index (χ3n) is 3.65. The predicted octanol–water partition coefficient (Wildman–Crippen LogP) is 3.24. The van der Waals surface area contributed by atoms with Gasteiger partial charge in [0.25, 0.3) is 0 Å². The van der Waals surface area contributed by atoms with E-state index in [0.717, 1.165) is 49.1 Å². The zero-order valence-corrected chi connectivity index (χ0v) is 14.2. The van der Waals surface area contributed by atoms with Crippen molar-refractivity contribution in [2.24, 2.45) is 0 Å². The first kappa shape index (κ1) is 16.5. The Morgan fingerprint density at radius 2 is 2.24 bits per heavy atom. The van der Waals surface area contributed by atoms with E-state index in [-0.39, 0.29) is 5.54 Å². The van der Waals surface area contributed by atoms with Crippen LogP contribution in [0.1, 0.15) is 39.7 Å². The Hall–Kier alpha value is -0.840. The maximum Gasteiger partial charge on any atom is 0.129 e. The van der Waals surface area contributed by atoms with Gasteiger partial charge in [-0.05, 0) is 38.8 Å². The first-order chi connectivity index (χ1) is 9.89. The highest BCUT2D eigenvalue weighted by Gasteiger charge is 2.21. The van der Waals surface area contributed by atoms with E-state index in [4.69, 9.17) is 16.3 Å². The monoisotopic (exact) mass is 311 g/mol. The van der Waals surface area contributed by atoms with Crippen LogP contribution in [0.2, 0.25) is 5.02 Å². The average Bonchev–Trinajstić information content (AvgIpc) is 2.45. The maximum atomic E-state index is 6.27. The number of morpholine rings is 1. The molecule has 2 rings (SSSR count). The van der Waals surface area contributed by atoms with Crippen LogP contribution in [0, 0.1) is 0 Å². The summed E-state index contributed by atoms with van der Waals surface area (Å²) in [4.78, 5) is 6.77. The quantitative estimate of drug-likeness (QED) is 0.926. The van der Waals surface area contributed by atoms with E-state index in [1.807, 2.05) is 0 Å². The molecule has 0 spiro atoms. The number of hydrogen-bond acceptors (Lipinski definition) is 4.